The molecule has 0 aliphatic carbocycles. The maximum Gasteiger partial charge on any atom is 0.305 e. The molecule has 0 rings (SSSR count). The molecule has 6 heteroatoms. The first-order valence-electron chi connectivity index (χ1n) is 32.9. The van der Waals surface area contributed by atoms with Gasteiger partial charge in [0.2, 0.25) is 5.91 Å². The van der Waals surface area contributed by atoms with E-state index in [1.165, 1.54) is 257 Å². The van der Waals surface area contributed by atoms with Crippen LogP contribution in [0.25, 0.3) is 0 Å². The average Bonchev–Trinajstić information content (AvgIpc) is 3.40. The minimum Gasteiger partial charge on any atom is -0.466 e. The highest BCUT2D eigenvalue weighted by molar-refractivity contribution is 5.76. The number of aliphatic hydroxyl groups is 2. The molecular weight excluding hydrogens is 911 g/mol. The third kappa shape index (κ3) is 59.1. The number of allylic oxidation sites excluding steroid dienone is 8. The molecule has 0 aliphatic rings. The quantitative estimate of drug-likeness (QED) is 0.0320. The van der Waals surface area contributed by atoms with E-state index in [0.29, 0.717) is 25.9 Å². The molecule has 0 aromatic heterocycles. The standard InChI is InChI=1S/C68H127NO5/c1-3-5-7-9-11-13-15-17-18-19-27-30-33-37-40-44-48-52-56-60-66(71)65(64-70)69-67(72)61-57-53-49-45-41-38-34-31-28-25-23-21-20-22-24-26-29-32-35-39-43-47-51-55-59-63-74-68(73)62-58-54-50-46-42-36-16-14-12-10-8-6-4-2/h8,10,14,16,21-24,65-66,70-71H,3-7,9,11-13,15,17-20,25-64H2,1-2H3,(H,69,72)/b10-8-,16-14-,23-21-,24-22-. The number of unbranched alkanes of at least 4 members (excludes halogenated alkanes) is 42. The fourth-order valence-electron chi connectivity index (χ4n) is 10.1. The molecule has 0 aliphatic heterocycles. The van der Waals surface area contributed by atoms with Gasteiger partial charge in [0, 0.05) is 12.8 Å². The summed E-state index contributed by atoms with van der Waals surface area (Å²) in [6.45, 7) is 4.90. The molecule has 0 fully saturated rings. The van der Waals surface area contributed by atoms with Gasteiger partial charge >= 0.3 is 5.97 Å². The molecule has 3 N–H and O–H groups in total. The minimum atomic E-state index is -0.670. The molecule has 0 spiro atoms. The monoisotopic (exact) mass is 1040 g/mol. The van der Waals surface area contributed by atoms with Crippen LogP contribution in [0.3, 0.4) is 0 Å². The lowest BCUT2D eigenvalue weighted by atomic mass is 10.0. The smallest absolute Gasteiger partial charge is 0.305 e. The summed E-state index contributed by atoms with van der Waals surface area (Å²) in [4.78, 5) is 24.5. The molecule has 74 heavy (non-hydrogen) atoms. The van der Waals surface area contributed by atoms with Crippen LogP contribution in [0.15, 0.2) is 48.6 Å². The van der Waals surface area contributed by atoms with Crippen molar-refractivity contribution in [2.45, 2.75) is 360 Å². The molecule has 2 unspecified atom stereocenters. The third-order valence-corrected chi connectivity index (χ3v) is 15.1. The maximum atomic E-state index is 12.5. The van der Waals surface area contributed by atoms with E-state index in [0.717, 1.165) is 57.8 Å². The van der Waals surface area contributed by atoms with Crippen LogP contribution in [0.2, 0.25) is 0 Å². The van der Waals surface area contributed by atoms with Crippen molar-refractivity contribution in [3.05, 3.63) is 48.6 Å². The highest BCUT2D eigenvalue weighted by atomic mass is 16.5. The number of rotatable bonds is 61. The van der Waals surface area contributed by atoms with Gasteiger partial charge in [0.05, 0.1) is 25.4 Å². The number of hydrogen-bond donors (Lipinski definition) is 3. The Morgan fingerprint density at radius 1 is 0.378 bits per heavy atom. The summed E-state index contributed by atoms with van der Waals surface area (Å²) >= 11 is 0. The molecule has 0 saturated heterocycles. The number of aliphatic hydroxyl groups excluding tert-OH is 2. The maximum absolute atomic E-state index is 12.5. The van der Waals surface area contributed by atoms with Crippen molar-refractivity contribution in [2.24, 2.45) is 0 Å². The lowest BCUT2D eigenvalue weighted by Crippen LogP contribution is -2.45. The van der Waals surface area contributed by atoms with Crippen LogP contribution in [-0.2, 0) is 14.3 Å². The number of nitrogens with one attached hydrogen (secondary N) is 1. The molecule has 434 valence electrons. The molecule has 0 radical (unpaired) electrons. The van der Waals surface area contributed by atoms with Crippen LogP contribution < -0.4 is 5.32 Å². The second-order valence-corrected chi connectivity index (χ2v) is 22.4. The van der Waals surface area contributed by atoms with Crippen molar-refractivity contribution in [1.82, 2.24) is 5.32 Å². The van der Waals surface area contributed by atoms with Gasteiger partial charge in [-0.15, -0.1) is 0 Å². The lowest BCUT2D eigenvalue weighted by Gasteiger charge is -2.22. The molecule has 0 heterocycles. The topological polar surface area (TPSA) is 95.9 Å². The van der Waals surface area contributed by atoms with Gasteiger partial charge in [0.25, 0.3) is 0 Å². The van der Waals surface area contributed by atoms with E-state index in [4.69, 9.17) is 4.74 Å². The van der Waals surface area contributed by atoms with E-state index >= 15 is 0 Å². The molecule has 6 nitrogen and oxygen atoms in total. The fraction of sp³-hybridized carbons (Fsp3) is 0.853. The molecule has 0 bridgehead atoms. The van der Waals surface area contributed by atoms with E-state index in [9.17, 15) is 19.8 Å². The van der Waals surface area contributed by atoms with Crippen LogP contribution >= 0.6 is 0 Å². The zero-order valence-electron chi connectivity index (χ0n) is 49.6. The van der Waals surface area contributed by atoms with Crippen LogP contribution in [-0.4, -0.2) is 47.4 Å². The third-order valence-electron chi connectivity index (χ3n) is 15.1. The van der Waals surface area contributed by atoms with Gasteiger partial charge in [-0.2, -0.15) is 0 Å². The van der Waals surface area contributed by atoms with Gasteiger partial charge in [-0.1, -0.05) is 300 Å². The average molecular weight is 1040 g/mol. The predicted molar refractivity (Wildman–Crippen MR) is 324 cm³/mol. The largest absolute Gasteiger partial charge is 0.466 e. The lowest BCUT2D eigenvalue weighted by molar-refractivity contribution is -0.143. The SMILES string of the molecule is CCC/C=C\C/C=C\CCCCCCCC(=O)OCCCCCCCCCCC/C=C\C/C=C\CCCCCCCCCCCC(=O)NC(CO)C(O)CCCCCCCCCCCCCCCCCCCCC. The van der Waals surface area contributed by atoms with Gasteiger partial charge in [-0.05, 0) is 83.5 Å². The molecular formula is C68H127NO5. The number of hydrogen-bond acceptors (Lipinski definition) is 5. The summed E-state index contributed by atoms with van der Waals surface area (Å²) in [6, 6.07) is -0.548. The van der Waals surface area contributed by atoms with Gasteiger partial charge in [0.15, 0.2) is 0 Å². The Morgan fingerprint density at radius 2 is 0.703 bits per heavy atom. The second-order valence-electron chi connectivity index (χ2n) is 22.4. The molecule has 1 amide bonds. The Morgan fingerprint density at radius 3 is 1.08 bits per heavy atom. The Bertz CT molecular complexity index is 1240. The Kier molecular flexibility index (Phi) is 61.5. The van der Waals surface area contributed by atoms with E-state index in [2.05, 4.69) is 67.8 Å². The first kappa shape index (κ1) is 71.8. The highest BCUT2D eigenvalue weighted by Crippen LogP contribution is 2.18. The van der Waals surface area contributed by atoms with Crippen molar-refractivity contribution in [3.63, 3.8) is 0 Å². The number of amides is 1. The number of ether oxygens (including phenoxy) is 1. The zero-order valence-corrected chi connectivity index (χ0v) is 49.6. The molecule has 0 saturated carbocycles. The molecule has 0 aromatic carbocycles. The van der Waals surface area contributed by atoms with Crippen molar-refractivity contribution in [3.8, 4) is 0 Å². The second kappa shape index (κ2) is 63.4. The predicted octanol–water partition coefficient (Wildman–Crippen LogP) is 20.9. The zero-order chi connectivity index (χ0) is 53.6. The van der Waals surface area contributed by atoms with Crippen molar-refractivity contribution in [2.75, 3.05) is 13.2 Å². The van der Waals surface area contributed by atoms with Crippen LogP contribution in [0, 0.1) is 0 Å². The Hall–Kier alpha value is -2.18. The summed E-state index contributed by atoms with van der Waals surface area (Å²) in [5.41, 5.74) is 0. The van der Waals surface area contributed by atoms with Gasteiger partial charge in [0.1, 0.15) is 0 Å². The first-order chi connectivity index (χ1) is 36.5. The number of esters is 1. The van der Waals surface area contributed by atoms with Gasteiger partial charge in [-0.3, -0.25) is 9.59 Å². The fourth-order valence-corrected chi connectivity index (χ4v) is 10.1. The first-order valence-corrected chi connectivity index (χ1v) is 32.9. The van der Waals surface area contributed by atoms with Gasteiger partial charge in [-0.25, -0.2) is 0 Å². The number of carbonyl (C=O) groups is 2. The summed E-state index contributed by atoms with van der Waals surface area (Å²) < 4.78 is 5.46. The van der Waals surface area contributed by atoms with E-state index in [1.807, 2.05) is 0 Å². The number of carbonyl (C=O) groups excluding carboxylic acids is 2. The normalized spacial score (nSPS) is 12.9. The Labute approximate surface area is 461 Å². The molecule has 0 aromatic rings. The van der Waals surface area contributed by atoms with Gasteiger partial charge < -0.3 is 20.3 Å². The van der Waals surface area contributed by atoms with Crippen molar-refractivity contribution < 1.29 is 24.5 Å². The van der Waals surface area contributed by atoms with Crippen molar-refractivity contribution >= 4 is 11.9 Å². The van der Waals surface area contributed by atoms with Crippen LogP contribution in [0.5, 0.6) is 0 Å². The van der Waals surface area contributed by atoms with E-state index in [1.54, 1.807) is 0 Å². The summed E-state index contributed by atoms with van der Waals surface area (Å²) in [5.74, 6) is -0.0452. The van der Waals surface area contributed by atoms with E-state index < -0.39 is 12.1 Å². The van der Waals surface area contributed by atoms with E-state index in [-0.39, 0.29) is 18.5 Å². The van der Waals surface area contributed by atoms with Crippen LogP contribution in [0.4, 0.5) is 0 Å². The van der Waals surface area contributed by atoms with Crippen molar-refractivity contribution in [1.29, 1.82) is 0 Å². The molecule has 2 atom stereocenters. The summed E-state index contributed by atoms with van der Waals surface area (Å²) in [6.07, 6.45) is 81.3. The highest BCUT2D eigenvalue weighted by Gasteiger charge is 2.20. The summed E-state index contributed by atoms with van der Waals surface area (Å²) in [7, 11) is 0. The summed E-state index contributed by atoms with van der Waals surface area (Å²) in [5, 5.41) is 23.4. The minimum absolute atomic E-state index is 0.00642. The Balaban J connectivity index is 3.45. The van der Waals surface area contributed by atoms with Crippen LogP contribution in [0.1, 0.15) is 348 Å².